The first kappa shape index (κ1) is 20.5. The Morgan fingerprint density at radius 3 is 2.70 bits per heavy atom. The first-order valence-corrected chi connectivity index (χ1v) is 8.63. The van der Waals surface area contributed by atoms with Gasteiger partial charge >= 0.3 is 17.3 Å². The van der Waals surface area contributed by atoms with Crippen molar-refractivity contribution in [2.45, 2.75) is 13.0 Å². The Morgan fingerprint density at radius 1 is 1.27 bits per heavy atom. The van der Waals surface area contributed by atoms with Gasteiger partial charge in [0.1, 0.15) is 0 Å². The first-order chi connectivity index (χ1) is 14.3. The number of hydrogen-bond acceptors (Lipinski definition) is 8. The number of nitro groups is 1. The molecule has 0 fully saturated rings. The van der Waals surface area contributed by atoms with E-state index in [4.69, 9.17) is 4.74 Å². The van der Waals surface area contributed by atoms with Crippen molar-refractivity contribution in [3.05, 3.63) is 79.0 Å². The van der Waals surface area contributed by atoms with Crippen molar-refractivity contribution in [2.24, 2.45) is 5.10 Å². The van der Waals surface area contributed by atoms with Gasteiger partial charge in [0, 0.05) is 11.6 Å². The largest absolute Gasteiger partial charge is 0.472 e. The summed E-state index contributed by atoms with van der Waals surface area (Å²) >= 11 is 0. The van der Waals surface area contributed by atoms with Crippen molar-refractivity contribution in [1.29, 1.82) is 0 Å². The molecule has 0 saturated heterocycles. The van der Waals surface area contributed by atoms with Crippen LogP contribution in [0.15, 0.2) is 57.2 Å². The highest BCUT2D eigenvalue weighted by atomic mass is 16.6. The molecule has 2 aromatic carbocycles. The van der Waals surface area contributed by atoms with Crippen molar-refractivity contribution >= 4 is 28.8 Å². The molecule has 30 heavy (non-hydrogen) atoms. The Balaban J connectivity index is 1.97. The number of hydrogen-bond donors (Lipinski definition) is 1. The predicted molar refractivity (Wildman–Crippen MR) is 107 cm³/mol. The average molecular weight is 412 g/mol. The molecule has 0 spiro atoms. The number of carbonyl (C=O) groups is 1. The van der Waals surface area contributed by atoms with E-state index >= 15 is 0 Å². The molecular weight excluding hydrogens is 396 g/mol. The molecular formula is C19H16N4O7. The van der Waals surface area contributed by atoms with E-state index in [0.29, 0.717) is 10.2 Å². The quantitative estimate of drug-likeness (QED) is 0.279. The maximum Gasteiger partial charge on any atom is 0.349 e. The lowest BCUT2D eigenvalue weighted by Crippen LogP contribution is -2.32. The number of nitrogens with zero attached hydrogens (tertiary/aromatic N) is 3. The minimum absolute atomic E-state index is 0.143. The molecule has 0 aliphatic carbocycles. The molecule has 11 heteroatoms. The minimum Gasteiger partial charge on any atom is -0.472 e. The molecule has 0 amide bonds. The van der Waals surface area contributed by atoms with Gasteiger partial charge in [0.15, 0.2) is 11.9 Å². The summed E-state index contributed by atoms with van der Waals surface area (Å²) in [5.41, 5.74) is -1.20. The molecule has 0 aliphatic heterocycles. The van der Waals surface area contributed by atoms with Crippen LogP contribution in [0.4, 0.5) is 5.69 Å². The fourth-order valence-corrected chi connectivity index (χ4v) is 2.64. The Hall–Kier alpha value is -4.28. The number of ether oxygens (including phenoxy) is 2. The van der Waals surface area contributed by atoms with E-state index in [2.05, 4.69) is 14.8 Å². The molecule has 3 aromatic rings. The summed E-state index contributed by atoms with van der Waals surface area (Å²) < 4.78 is 10.4. The van der Waals surface area contributed by atoms with Gasteiger partial charge in [-0.25, -0.2) is 9.59 Å². The van der Waals surface area contributed by atoms with Crippen molar-refractivity contribution < 1.29 is 19.2 Å². The van der Waals surface area contributed by atoms with Crippen LogP contribution in [0.2, 0.25) is 0 Å². The van der Waals surface area contributed by atoms with Gasteiger partial charge in [-0.2, -0.15) is 5.10 Å². The second-order valence-electron chi connectivity index (χ2n) is 6.10. The van der Waals surface area contributed by atoms with Crippen LogP contribution in [0.3, 0.4) is 0 Å². The summed E-state index contributed by atoms with van der Waals surface area (Å²) in [5.74, 6) is -0.833. The standard InChI is InChI=1S/C19H16N4O7/c1-11(18(25)29-2)30-16-8-7-12(9-15(16)23(27)28)10-20-22-17(24)13-5-3-4-6-14(13)21-19(22)26/h3-11H,1-2H3,(H,21,26)/t11-/m1/s1. The highest BCUT2D eigenvalue weighted by Gasteiger charge is 2.22. The molecule has 0 saturated carbocycles. The Bertz CT molecular complexity index is 1280. The summed E-state index contributed by atoms with van der Waals surface area (Å²) in [6.45, 7) is 1.39. The fraction of sp³-hybridized carbons (Fsp3) is 0.158. The number of nitro benzene ring substituents is 1. The van der Waals surface area contributed by atoms with Crippen LogP contribution in [0.1, 0.15) is 12.5 Å². The molecule has 1 heterocycles. The van der Waals surface area contributed by atoms with Crippen LogP contribution < -0.4 is 16.0 Å². The molecule has 0 radical (unpaired) electrons. The number of nitrogens with one attached hydrogen (secondary N) is 1. The van der Waals surface area contributed by atoms with Gasteiger partial charge in [0.25, 0.3) is 5.56 Å². The van der Waals surface area contributed by atoms with Crippen LogP contribution in [-0.4, -0.2) is 40.0 Å². The Labute approximate surface area is 168 Å². The van der Waals surface area contributed by atoms with E-state index in [1.165, 1.54) is 26.2 Å². The van der Waals surface area contributed by atoms with Gasteiger partial charge < -0.3 is 14.5 Å². The summed E-state index contributed by atoms with van der Waals surface area (Å²) in [4.78, 5) is 49.3. The number of carbonyl (C=O) groups excluding carboxylic acids is 1. The van der Waals surface area contributed by atoms with Gasteiger partial charge in [-0.1, -0.05) is 12.1 Å². The molecule has 1 N–H and O–H groups in total. The van der Waals surface area contributed by atoms with E-state index in [9.17, 15) is 24.5 Å². The fourth-order valence-electron chi connectivity index (χ4n) is 2.64. The van der Waals surface area contributed by atoms with Crippen LogP contribution >= 0.6 is 0 Å². The highest BCUT2D eigenvalue weighted by molar-refractivity contribution is 5.82. The van der Waals surface area contributed by atoms with Crippen LogP contribution in [0.25, 0.3) is 10.9 Å². The topological polar surface area (TPSA) is 146 Å². The van der Waals surface area contributed by atoms with E-state index in [0.717, 1.165) is 12.3 Å². The van der Waals surface area contributed by atoms with E-state index in [-0.39, 0.29) is 16.7 Å². The number of esters is 1. The molecule has 154 valence electrons. The normalized spacial score (nSPS) is 12.1. The number of benzene rings is 2. The van der Waals surface area contributed by atoms with Gasteiger partial charge in [-0.3, -0.25) is 14.9 Å². The first-order valence-electron chi connectivity index (χ1n) is 8.63. The maximum absolute atomic E-state index is 12.5. The van der Waals surface area contributed by atoms with Gasteiger partial charge in [-0.05, 0) is 31.2 Å². The lowest BCUT2D eigenvalue weighted by molar-refractivity contribution is -0.386. The lowest BCUT2D eigenvalue weighted by Gasteiger charge is -2.12. The molecule has 0 aliphatic rings. The molecule has 11 nitrogen and oxygen atoms in total. The Morgan fingerprint density at radius 2 is 2.00 bits per heavy atom. The molecule has 3 rings (SSSR count). The van der Waals surface area contributed by atoms with Gasteiger partial charge in [-0.15, -0.1) is 4.68 Å². The van der Waals surface area contributed by atoms with Crippen molar-refractivity contribution in [3.8, 4) is 5.75 Å². The third kappa shape index (κ3) is 4.09. The molecule has 0 bridgehead atoms. The second kappa shape index (κ2) is 8.39. The van der Waals surface area contributed by atoms with E-state index in [1.807, 2.05) is 0 Å². The predicted octanol–water partition coefficient (Wildman–Crippen LogP) is 1.42. The monoisotopic (exact) mass is 412 g/mol. The number of rotatable bonds is 6. The number of methoxy groups -OCH3 is 1. The van der Waals surface area contributed by atoms with Crippen LogP contribution in [0, 0.1) is 10.1 Å². The third-order valence-electron chi connectivity index (χ3n) is 4.12. The van der Waals surface area contributed by atoms with Crippen molar-refractivity contribution in [1.82, 2.24) is 9.66 Å². The smallest absolute Gasteiger partial charge is 0.349 e. The summed E-state index contributed by atoms with van der Waals surface area (Å²) in [5, 5.41) is 15.5. The average Bonchev–Trinajstić information content (AvgIpc) is 2.73. The van der Waals surface area contributed by atoms with Crippen molar-refractivity contribution in [3.63, 3.8) is 0 Å². The van der Waals surface area contributed by atoms with E-state index in [1.54, 1.807) is 24.3 Å². The number of aromatic nitrogens is 2. The molecule has 0 unspecified atom stereocenters. The molecule has 1 atom stereocenters. The number of para-hydroxylation sites is 1. The number of H-pyrrole nitrogens is 1. The summed E-state index contributed by atoms with van der Waals surface area (Å²) in [6.07, 6.45) is 0.0781. The molecule has 1 aromatic heterocycles. The zero-order chi connectivity index (χ0) is 21.8. The zero-order valence-electron chi connectivity index (χ0n) is 15.9. The summed E-state index contributed by atoms with van der Waals surface area (Å²) in [6, 6.07) is 10.3. The van der Waals surface area contributed by atoms with Gasteiger partial charge in [0.2, 0.25) is 0 Å². The maximum atomic E-state index is 12.5. The third-order valence-corrected chi connectivity index (χ3v) is 4.12. The zero-order valence-corrected chi connectivity index (χ0v) is 15.9. The van der Waals surface area contributed by atoms with Gasteiger partial charge in [0.05, 0.1) is 29.2 Å². The summed E-state index contributed by atoms with van der Waals surface area (Å²) in [7, 11) is 1.17. The lowest BCUT2D eigenvalue weighted by atomic mass is 10.2. The number of fused-ring (bicyclic) bond motifs is 1. The van der Waals surface area contributed by atoms with Crippen molar-refractivity contribution in [2.75, 3.05) is 7.11 Å². The van der Waals surface area contributed by atoms with Crippen LogP contribution in [0.5, 0.6) is 5.75 Å². The van der Waals surface area contributed by atoms with Crippen LogP contribution in [-0.2, 0) is 9.53 Å². The van der Waals surface area contributed by atoms with E-state index < -0.39 is 33.9 Å². The minimum atomic E-state index is -1.05. The second-order valence-corrected chi connectivity index (χ2v) is 6.10. The SMILES string of the molecule is COC(=O)[C@@H](C)Oc1ccc(C=Nn2c(=O)[nH]c3ccccc3c2=O)cc1[N+](=O)[O-]. The number of aromatic amines is 1. The Kier molecular flexibility index (Phi) is 5.72. The highest BCUT2D eigenvalue weighted by Crippen LogP contribution is 2.28.